The van der Waals surface area contributed by atoms with E-state index >= 15 is 0 Å². The van der Waals surface area contributed by atoms with Gasteiger partial charge in [0.15, 0.2) is 5.56 Å². The smallest absolute Gasteiger partial charge is 0.408 e. The molecule has 0 atom stereocenters. The van der Waals surface area contributed by atoms with Crippen LogP contribution in [0, 0.1) is 21.4 Å². The second kappa shape index (κ2) is 7.17. The van der Waals surface area contributed by atoms with Crippen molar-refractivity contribution in [3.8, 4) is 11.8 Å². The van der Waals surface area contributed by atoms with Gasteiger partial charge in [0, 0.05) is 6.07 Å². The number of alkyl carbamates (subject to hydrolysis) is 1. The molecule has 1 aromatic carbocycles. The Bertz CT molecular complexity index is 671. The van der Waals surface area contributed by atoms with Gasteiger partial charge in [-0.1, -0.05) is 6.07 Å². The summed E-state index contributed by atoms with van der Waals surface area (Å²) in [7, 11) is 0. The van der Waals surface area contributed by atoms with E-state index in [1.54, 1.807) is 40.7 Å². The molecule has 0 saturated heterocycles. The first kappa shape index (κ1) is 19.2. The molecule has 1 rings (SSSR count). The number of ether oxygens (including phenoxy) is 2. The molecule has 130 valence electrons. The van der Waals surface area contributed by atoms with E-state index in [0.29, 0.717) is 0 Å². The van der Waals surface area contributed by atoms with Gasteiger partial charge in [-0.3, -0.25) is 10.1 Å². The van der Waals surface area contributed by atoms with Gasteiger partial charge in [-0.2, -0.15) is 5.26 Å². The zero-order chi connectivity index (χ0) is 18.5. The van der Waals surface area contributed by atoms with Crippen LogP contribution in [0.3, 0.4) is 0 Å². The first-order valence-corrected chi connectivity index (χ1v) is 7.27. The van der Waals surface area contributed by atoms with Gasteiger partial charge in [0.05, 0.1) is 10.5 Å². The lowest BCUT2D eigenvalue weighted by atomic mass is 10.1. The number of carbonyl (C=O) groups excluding carboxylic acids is 1. The molecule has 0 fully saturated rings. The molecule has 0 aromatic heterocycles. The average Bonchev–Trinajstić information content (AvgIpc) is 2.41. The molecule has 8 nitrogen and oxygen atoms in total. The van der Waals surface area contributed by atoms with Gasteiger partial charge in [-0.15, -0.1) is 0 Å². The maximum absolute atomic E-state index is 11.8. The molecule has 0 aliphatic rings. The largest absolute Gasteiger partial charge is 0.490 e. The molecule has 0 aliphatic carbocycles. The highest BCUT2D eigenvalue weighted by Crippen LogP contribution is 2.27. The summed E-state index contributed by atoms with van der Waals surface area (Å²) in [6.45, 7) is 8.66. The summed E-state index contributed by atoms with van der Waals surface area (Å²) in [5.41, 5.74) is -1.92. The van der Waals surface area contributed by atoms with Crippen LogP contribution in [0.25, 0.3) is 0 Å². The number of nitrogens with one attached hydrogen (secondary N) is 1. The third-order valence-electron chi connectivity index (χ3n) is 2.74. The van der Waals surface area contributed by atoms with Crippen LogP contribution in [-0.2, 0) is 4.74 Å². The number of hydrogen-bond acceptors (Lipinski definition) is 6. The third-order valence-corrected chi connectivity index (χ3v) is 2.74. The Hall–Kier alpha value is -2.82. The minimum absolute atomic E-state index is 0.00207. The summed E-state index contributed by atoms with van der Waals surface area (Å²) in [6.07, 6.45) is -0.601. The predicted molar refractivity (Wildman–Crippen MR) is 86.8 cm³/mol. The van der Waals surface area contributed by atoms with Gasteiger partial charge in [-0.05, 0) is 40.7 Å². The normalized spacial score (nSPS) is 11.3. The second-order valence-corrected chi connectivity index (χ2v) is 6.82. The predicted octanol–water partition coefficient (Wildman–Crippen LogP) is 3.15. The van der Waals surface area contributed by atoms with E-state index in [9.17, 15) is 14.9 Å². The van der Waals surface area contributed by atoms with Gasteiger partial charge >= 0.3 is 6.09 Å². The lowest BCUT2D eigenvalue weighted by molar-refractivity contribution is -0.385. The number of amides is 1. The van der Waals surface area contributed by atoms with Crippen molar-refractivity contribution in [1.29, 1.82) is 5.26 Å². The van der Waals surface area contributed by atoms with Gasteiger partial charge in [-0.25, -0.2) is 4.79 Å². The SMILES string of the molecule is CC(C)(COc1cccc([N+](=O)[O-])c1C#N)NC(=O)OC(C)(C)C. The van der Waals surface area contributed by atoms with Crippen molar-refractivity contribution < 1.29 is 19.2 Å². The zero-order valence-corrected chi connectivity index (χ0v) is 14.4. The lowest BCUT2D eigenvalue weighted by Crippen LogP contribution is -2.49. The lowest BCUT2D eigenvalue weighted by Gasteiger charge is -2.28. The number of rotatable bonds is 5. The van der Waals surface area contributed by atoms with Crippen molar-refractivity contribution in [3.63, 3.8) is 0 Å². The minimum atomic E-state index is -0.806. The maximum Gasteiger partial charge on any atom is 0.408 e. The molecule has 0 heterocycles. The fourth-order valence-electron chi connectivity index (χ4n) is 1.78. The number of hydrogen-bond donors (Lipinski definition) is 1. The number of carbonyl (C=O) groups is 1. The Balaban J connectivity index is 2.82. The van der Waals surface area contributed by atoms with Crippen molar-refractivity contribution in [3.05, 3.63) is 33.9 Å². The number of nitriles is 1. The van der Waals surface area contributed by atoms with Gasteiger partial charge in [0.25, 0.3) is 5.69 Å². The molecule has 0 bridgehead atoms. The Morgan fingerprint density at radius 3 is 2.46 bits per heavy atom. The van der Waals surface area contributed by atoms with E-state index in [0.717, 1.165) is 0 Å². The topological polar surface area (TPSA) is 114 Å². The van der Waals surface area contributed by atoms with Gasteiger partial charge in [0.2, 0.25) is 0 Å². The highest BCUT2D eigenvalue weighted by molar-refractivity contribution is 5.68. The van der Waals surface area contributed by atoms with Gasteiger partial charge in [0.1, 0.15) is 24.0 Å². The molecule has 1 aromatic rings. The fraction of sp³-hybridized carbons (Fsp3) is 0.500. The summed E-state index contributed by atoms with van der Waals surface area (Å²) in [5, 5.41) is 22.7. The van der Waals surface area contributed by atoms with Crippen LogP contribution in [0.2, 0.25) is 0 Å². The van der Waals surface area contributed by atoms with Crippen molar-refractivity contribution in [2.45, 2.75) is 45.8 Å². The number of nitro groups is 1. The molecule has 0 aliphatic heterocycles. The van der Waals surface area contributed by atoms with E-state index in [-0.39, 0.29) is 23.6 Å². The summed E-state index contributed by atoms with van der Waals surface area (Å²) in [5.74, 6) is 0.0887. The minimum Gasteiger partial charge on any atom is -0.490 e. The molecule has 1 N–H and O–H groups in total. The van der Waals surface area contributed by atoms with E-state index in [1.165, 1.54) is 18.2 Å². The van der Waals surface area contributed by atoms with Crippen molar-refractivity contribution in [2.24, 2.45) is 0 Å². The quantitative estimate of drug-likeness (QED) is 0.653. The Labute approximate surface area is 140 Å². The molecule has 0 radical (unpaired) electrons. The molecule has 1 amide bonds. The molecule has 24 heavy (non-hydrogen) atoms. The highest BCUT2D eigenvalue weighted by Gasteiger charge is 2.26. The Morgan fingerprint density at radius 1 is 1.33 bits per heavy atom. The van der Waals surface area contributed by atoms with Crippen LogP contribution in [0.15, 0.2) is 18.2 Å². The fourth-order valence-corrected chi connectivity index (χ4v) is 1.78. The van der Waals surface area contributed by atoms with E-state index < -0.39 is 22.2 Å². The third kappa shape index (κ3) is 5.76. The summed E-state index contributed by atoms with van der Waals surface area (Å²) >= 11 is 0. The van der Waals surface area contributed by atoms with Crippen LogP contribution in [-0.4, -0.2) is 28.8 Å². The number of benzene rings is 1. The first-order valence-electron chi connectivity index (χ1n) is 7.27. The molecular weight excluding hydrogens is 314 g/mol. The van der Waals surface area contributed by atoms with Crippen molar-refractivity contribution in [1.82, 2.24) is 5.32 Å². The summed E-state index contributed by atoms with van der Waals surface area (Å²) in [6, 6.07) is 5.91. The summed E-state index contributed by atoms with van der Waals surface area (Å²) in [4.78, 5) is 22.1. The molecule has 8 heteroatoms. The van der Waals surface area contributed by atoms with Crippen molar-refractivity contribution >= 4 is 11.8 Å². The number of nitro benzene ring substituents is 1. The highest BCUT2D eigenvalue weighted by atomic mass is 16.6. The first-order chi connectivity index (χ1) is 10.9. The van der Waals surface area contributed by atoms with Gasteiger partial charge < -0.3 is 14.8 Å². The Morgan fingerprint density at radius 2 is 1.96 bits per heavy atom. The molecule has 0 spiro atoms. The van der Waals surface area contributed by atoms with Crippen LogP contribution >= 0.6 is 0 Å². The van der Waals surface area contributed by atoms with Crippen LogP contribution in [0.5, 0.6) is 5.75 Å². The molecule has 0 saturated carbocycles. The zero-order valence-electron chi connectivity index (χ0n) is 14.4. The van der Waals surface area contributed by atoms with Crippen LogP contribution in [0.1, 0.15) is 40.2 Å². The van der Waals surface area contributed by atoms with Crippen LogP contribution in [0.4, 0.5) is 10.5 Å². The maximum atomic E-state index is 11.8. The standard InChI is InChI=1S/C16H21N3O5/c1-15(2,3)24-14(20)18-16(4,5)10-23-13-8-6-7-12(19(21)22)11(13)9-17/h6-8H,10H2,1-5H3,(H,18,20). The van der Waals surface area contributed by atoms with Crippen LogP contribution < -0.4 is 10.1 Å². The van der Waals surface area contributed by atoms with E-state index in [1.807, 2.05) is 0 Å². The van der Waals surface area contributed by atoms with E-state index in [2.05, 4.69) is 5.32 Å². The summed E-state index contributed by atoms with van der Waals surface area (Å²) < 4.78 is 10.7. The number of nitrogens with zero attached hydrogens (tertiary/aromatic N) is 2. The monoisotopic (exact) mass is 335 g/mol. The average molecular weight is 335 g/mol. The Kier molecular flexibility index (Phi) is 5.74. The molecular formula is C16H21N3O5. The molecule has 0 unspecified atom stereocenters. The second-order valence-electron chi connectivity index (χ2n) is 6.82. The van der Waals surface area contributed by atoms with E-state index in [4.69, 9.17) is 14.7 Å². The van der Waals surface area contributed by atoms with Crippen molar-refractivity contribution in [2.75, 3.05) is 6.61 Å².